The lowest BCUT2D eigenvalue weighted by atomic mass is 10.2. The molecule has 1 aliphatic heterocycles. The number of pyridine rings is 1. The Kier molecular flexibility index (Phi) is 8.42. The first-order valence-corrected chi connectivity index (χ1v) is 8.23. The van der Waals surface area contributed by atoms with Crippen molar-refractivity contribution in [1.82, 2.24) is 20.2 Å². The number of nitrogens with one attached hydrogen (secondary N) is 2. The highest BCUT2D eigenvalue weighted by molar-refractivity contribution is 5.95. The Morgan fingerprint density at radius 2 is 2.16 bits per heavy atom. The molecule has 1 amide bonds. The number of halogens is 2. The van der Waals surface area contributed by atoms with E-state index in [2.05, 4.69) is 20.2 Å². The number of aryl methyl sites for hydroxylation is 1. The van der Waals surface area contributed by atoms with Crippen molar-refractivity contribution >= 4 is 30.7 Å². The summed E-state index contributed by atoms with van der Waals surface area (Å²) in [6.45, 7) is 6.47. The largest absolute Gasteiger partial charge is 0.350 e. The molecule has 7 heteroatoms. The SMILES string of the molecule is Cc1cc(C(=O)NCC2CCCN2)c(C)n1Cc1ccccn1.Cl.Cl. The molecule has 1 fully saturated rings. The summed E-state index contributed by atoms with van der Waals surface area (Å²) in [4.78, 5) is 16.8. The van der Waals surface area contributed by atoms with E-state index < -0.39 is 0 Å². The van der Waals surface area contributed by atoms with E-state index >= 15 is 0 Å². The van der Waals surface area contributed by atoms with Gasteiger partial charge in [-0.05, 0) is 51.4 Å². The Hall–Kier alpha value is -1.56. The summed E-state index contributed by atoms with van der Waals surface area (Å²) in [5, 5.41) is 6.45. The number of carbonyl (C=O) groups excluding carboxylic acids is 1. The highest BCUT2D eigenvalue weighted by Gasteiger charge is 2.19. The van der Waals surface area contributed by atoms with Crippen LogP contribution in [0.25, 0.3) is 0 Å². The van der Waals surface area contributed by atoms with Crippen LogP contribution in [-0.2, 0) is 6.54 Å². The minimum absolute atomic E-state index is 0. The van der Waals surface area contributed by atoms with Gasteiger partial charge >= 0.3 is 0 Å². The molecular weight excluding hydrogens is 359 g/mol. The average molecular weight is 385 g/mol. The minimum Gasteiger partial charge on any atom is -0.350 e. The molecule has 0 bridgehead atoms. The topological polar surface area (TPSA) is 59.0 Å². The summed E-state index contributed by atoms with van der Waals surface area (Å²) in [5.41, 5.74) is 3.83. The molecular formula is C18H26Cl2N4O. The number of rotatable bonds is 5. The Morgan fingerprint density at radius 3 is 2.80 bits per heavy atom. The fraction of sp³-hybridized carbons (Fsp3) is 0.444. The van der Waals surface area contributed by atoms with Crippen LogP contribution in [0, 0.1) is 13.8 Å². The molecule has 1 aliphatic rings. The van der Waals surface area contributed by atoms with Gasteiger partial charge in [-0.15, -0.1) is 24.8 Å². The lowest BCUT2D eigenvalue weighted by Gasteiger charge is -2.12. The van der Waals surface area contributed by atoms with E-state index in [1.165, 1.54) is 6.42 Å². The van der Waals surface area contributed by atoms with Gasteiger partial charge < -0.3 is 15.2 Å². The maximum absolute atomic E-state index is 12.5. The standard InChI is InChI=1S/C18H24N4O.2ClH/c1-13-10-17(18(23)21-11-15-7-5-9-19-15)14(2)22(13)12-16-6-3-4-8-20-16;;/h3-4,6,8,10,15,19H,5,7,9,11-12H2,1-2H3,(H,21,23);2*1H. The fourth-order valence-corrected chi connectivity index (χ4v) is 3.17. The van der Waals surface area contributed by atoms with Gasteiger partial charge in [0.15, 0.2) is 0 Å². The zero-order valence-electron chi connectivity index (χ0n) is 14.6. The van der Waals surface area contributed by atoms with Crippen LogP contribution in [0.5, 0.6) is 0 Å². The van der Waals surface area contributed by atoms with Gasteiger partial charge in [-0.2, -0.15) is 0 Å². The predicted octanol–water partition coefficient (Wildman–Crippen LogP) is 2.87. The van der Waals surface area contributed by atoms with Crippen molar-refractivity contribution < 1.29 is 4.79 Å². The molecule has 3 rings (SSSR count). The van der Waals surface area contributed by atoms with Crippen LogP contribution in [0.1, 0.15) is 40.3 Å². The zero-order valence-corrected chi connectivity index (χ0v) is 16.3. The molecule has 0 spiro atoms. The van der Waals surface area contributed by atoms with Crippen molar-refractivity contribution in [1.29, 1.82) is 0 Å². The molecule has 1 unspecified atom stereocenters. The van der Waals surface area contributed by atoms with Crippen molar-refractivity contribution in [3.05, 3.63) is 53.1 Å². The molecule has 3 heterocycles. The third-order valence-electron chi connectivity index (χ3n) is 4.54. The van der Waals surface area contributed by atoms with Gasteiger partial charge in [-0.1, -0.05) is 6.07 Å². The number of nitrogens with zero attached hydrogens (tertiary/aromatic N) is 2. The highest BCUT2D eigenvalue weighted by Crippen LogP contribution is 2.16. The van der Waals surface area contributed by atoms with E-state index in [1.807, 2.05) is 38.1 Å². The number of amides is 1. The minimum atomic E-state index is 0. The summed E-state index contributed by atoms with van der Waals surface area (Å²) in [7, 11) is 0. The molecule has 5 nitrogen and oxygen atoms in total. The number of hydrogen-bond acceptors (Lipinski definition) is 3. The predicted molar refractivity (Wildman–Crippen MR) is 105 cm³/mol. The first-order valence-electron chi connectivity index (χ1n) is 8.23. The summed E-state index contributed by atoms with van der Waals surface area (Å²) in [5.74, 6) is 0.0130. The van der Waals surface area contributed by atoms with Crippen molar-refractivity contribution in [2.75, 3.05) is 13.1 Å². The lowest BCUT2D eigenvalue weighted by molar-refractivity contribution is 0.0949. The van der Waals surface area contributed by atoms with Crippen molar-refractivity contribution in [3.63, 3.8) is 0 Å². The summed E-state index contributed by atoms with van der Waals surface area (Å²) < 4.78 is 2.14. The molecule has 0 aromatic carbocycles. The van der Waals surface area contributed by atoms with Gasteiger partial charge in [0.2, 0.25) is 0 Å². The molecule has 1 saturated heterocycles. The lowest BCUT2D eigenvalue weighted by Crippen LogP contribution is -2.37. The first-order chi connectivity index (χ1) is 11.1. The van der Waals surface area contributed by atoms with Gasteiger partial charge in [-0.3, -0.25) is 9.78 Å². The van der Waals surface area contributed by atoms with Crippen molar-refractivity contribution in [2.45, 2.75) is 39.3 Å². The smallest absolute Gasteiger partial charge is 0.253 e. The maximum Gasteiger partial charge on any atom is 0.253 e. The van der Waals surface area contributed by atoms with Crippen LogP contribution in [0.4, 0.5) is 0 Å². The number of carbonyl (C=O) groups is 1. The highest BCUT2D eigenvalue weighted by atomic mass is 35.5. The van der Waals surface area contributed by atoms with E-state index in [9.17, 15) is 4.79 Å². The van der Waals surface area contributed by atoms with Crippen molar-refractivity contribution in [2.24, 2.45) is 0 Å². The van der Waals surface area contributed by atoms with Gasteiger partial charge in [-0.25, -0.2) is 0 Å². The molecule has 2 aromatic rings. The molecule has 0 saturated carbocycles. The van der Waals surface area contributed by atoms with E-state index in [0.29, 0.717) is 19.1 Å². The third-order valence-corrected chi connectivity index (χ3v) is 4.54. The summed E-state index contributed by atoms with van der Waals surface area (Å²) in [6, 6.07) is 8.28. The monoisotopic (exact) mass is 384 g/mol. The fourth-order valence-electron chi connectivity index (χ4n) is 3.17. The Morgan fingerprint density at radius 1 is 1.36 bits per heavy atom. The van der Waals surface area contributed by atoms with Crippen LogP contribution in [0.2, 0.25) is 0 Å². The summed E-state index contributed by atoms with van der Waals surface area (Å²) >= 11 is 0. The van der Waals surface area contributed by atoms with E-state index in [-0.39, 0.29) is 30.7 Å². The normalized spacial score (nSPS) is 16.0. The third kappa shape index (κ3) is 5.21. The van der Waals surface area contributed by atoms with Crippen LogP contribution in [-0.4, -0.2) is 34.6 Å². The number of hydrogen-bond donors (Lipinski definition) is 2. The zero-order chi connectivity index (χ0) is 16.2. The second-order valence-electron chi connectivity index (χ2n) is 6.20. The van der Waals surface area contributed by atoms with Crippen LogP contribution < -0.4 is 10.6 Å². The van der Waals surface area contributed by atoms with Gasteiger partial charge in [0, 0.05) is 30.2 Å². The molecule has 25 heavy (non-hydrogen) atoms. The second-order valence-corrected chi connectivity index (χ2v) is 6.20. The molecule has 0 aliphatic carbocycles. The first kappa shape index (κ1) is 21.5. The molecule has 2 N–H and O–H groups in total. The molecule has 138 valence electrons. The Labute approximate surface area is 161 Å². The van der Waals surface area contributed by atoms with Gasteiger partial charge in [0.1, 0.15) is 0 Å². The van der Waals surface area contributed by atoms with Crippen LogP contribution >= 0.6 is 24.8 Å². The van der Waals surface area contributed by atoms with E-state index in [0.717, 1.165) is 35.6 Å². The van der Waals surface area contributed by atoms with Gasteiger partial charge in [0.05, 0.1) is 17.8 Å². The quantitative estimate of drug-likeness (QED) is 0.832. The Bertz CT molecular complexity index is 682. The van der Waals surface area contributed by atoms with Crippen molar-refractivity contribution in [3.8, 4) is 0 Å². The molecule has 1 atom stereocenters. The maximum atomic E-state index is 12.5. The Balaban J connectivity index is 0.00000156. The van der Waals surface area contributed by atoms with E-state index in [4.69, 9.17) is 0 Å². The number of aromatic nitrogens is 2. The van der Waals surface area contributed by atoms with Crippen LogP contribution in [0.3, 0.4) is 0 Å². The average Bonchev–Trinajstić information content (AvgIpc) is 3.17. The molecule has 0 radical (unpaired) electrons. The molecule has 2 aromatic heterocycles. The second kappa shape index (κ2) is 9.80. The van der Waals surface area contributed by atoms with E-state index in [1.54, 1.807) is 6.20 Å². The summed E-state index contributed by atoms with van der Waals surface area (Å²) in [6.07, 6.45) is 4.13. The van der Waals surface area contributed by atoms with Gasteiger partial charge in [0.25, 0.3) is 5.91 Å². The van der Waals surface area contributed by atoms with Crippen LogP contribution in [0.15, 0.2) is 30.5 Å².